The Labute approximate surface area is 167 Å². The van der Waals surface area contributed by atoms with Crippen LogP contribution >= 0.6 is 0 Å². The van der Waals surface area contributed by atoms with Gasteiger partial charge in [0.15, 0.2) is 11.6 Å². The highest BCUT2D eigenvalue weighted by atomic mass is 19.1. The minimum absolute atomic E-state index is 0.0221. The molecule has 2 atom stereocenters. The number of fused-ring (bicyclic) bond motifs is 1. The van der Waals surface area contributed by atoms with Crippen LogP contribution in [-0.4, -0.2) is 32.5 Å². The van der Waals surface area contributed by atoms with Gasteiger partial charge in [-0.2, -0.15) is 0 Å². The minimum Gasteiger partial charge on any atom is -0.365 e. The second kappa shape index (κ2) is 7.67. The van der Waals surface area contributed by atoms with E-state index in [1.165, 1.54) is 0 Å². The summed E-state index contributed by atoms with van der Waals surface area (Å²) in [6.07, 6.45) is 5.55. The van der Waals surface area contributed by atoms with E-state index >= 15 is 0 Å². The molecule has 29 heavy (non-hydrogen) atoms. The zero-order chi connectivity index (χ0) is 20.5. The summed E-state index contributed by atoms with van der Waals surface area (Å²) in [6.45, 7) is 0. The van der Waals surface area contributed by atoms with Crippen molar-refractivity contribution in [2.45, 2.75) is 37.8 Å². The number of carbonyl (C=O) groups is 1. The summed E-state index contributed by atoms with van der Waals surface area (Å²) in [5.74, 6) is -1.15. The predicted octanol–water partition coefficient (Wildman–Crippen LogP) is 2.63. The van der Waals surface area contributed by atoms with Gasteiger partial charge in [0.05, 0.1) is 22.9 Å². The molecular weight excluding hydrogens is 373 g/mol. The van der Waals surface area contributed by atoms with Gasteiger partial charge in [0.1, 0.15) is 5.82 Å². The number of anilines is 3. The van der Waals surface area contributed by atoms with Crippen molar-refractivity contribution in [2.24, 2.45) is 18.5 Å². The zero-order valence-electron chi connectivity index (χ0n) is 16.2. The van der Waals surface area contributed by atoms with E-state index in [-0.39, 0.29) is 29.3 Å². The standard InChI is InChI=1S/C20H24FN7O/c1-28-10-24-16-7-6-11(8-17(16)28)25-19-12(18(23)29)9-13(21)20(27-19)26-15-5-3-2-4-14(15)22/h6-10,14-15H,2-5,22H2,1H3,(H2,23,29)(H2,25,26,27). The number of nitrogens with zero attached hydrogens (tertiary/aromatic N) is 3. The van der Waals surface area contributed by atoms with Crippen LogP contribution in [0.3, 0.4) is 0 Å². The molecule has 2 aromatic heterocycles. The highest BCUT2D eigenvalue weighted by Crippen LogP contribution is 2.27. The lowest BCUT2D eigenvalue weighted by Crippen LogP contribution is -2.43. The van der Waals surface area contributed by atoms with Crippen LogP contribution in [0.1, 0.15) is 36.0 Å². The summed E-state index contributed by atoms with van der Waals surface area (Å²) in [5, 5.41) is 6.20. The van der Waals surface area contributed by atoms with Crippen molar-refractivity contribution in [2.75, 3.05) is 10.6 Å². The van der Waals surface area contributed by atoms with Crippen molar-refractivity contribution in [1.82, 2.24) is 14.5 Å². The van der Waals surface area contributed by atoms with Gasteiger partial charge in [-0.1, -0.05) is 12.8 Å². The van der Waals surface area contributed by atoms with Gasteiger partial charge >= 0.3 is 0 Å². The number of rotatable bonds is 5. The Morgan fingerprint density at radius 1 is 1.24 bits per heavy atom. The fourth-order valence-corrected chi connectivity index (χ4v) is 3.73. The van der Waals surface area contributed by atoms with Crippen LogP contribution in [0.5, 0.6) is 0 Å². The molecule has 2 unspecified atom stereocenters. The van der Waals surface area contributed by atoms with Gasteiger partial charge in [-0.05, 0) is 37.1 Å². The summed E-state index contributed by atoms with van der Waals surface area (Å²) in [4.78, 5) is 20.5. The maximum Gasteiger partial charge on any atom is 0.252 e. The number of primary amides is 1. The number of nitrogens with one attached hydrogen (secondary N) is 2. The van der Waals surface area contributed by atoms with Crippen molar-refractivity contribution in [3.63, 3.8) is 0 Å². The van der Waals surface area contributed by atoms with Gasteiger partial charge in [-0.15, -0.1) is 0 Å². The van der Waals surface area contributed by atoms with Crippen LogP contribution in [0, 0.1) is 5.82 Å². The molecule has 8 nitrogen and oxygen atoms in total. The minimum atomic E-state index is -0.763. The molecule has 3 aromatic rings. The van der Waals surface area contributed by atoms with E-state index < -0.39 is 11.7 Å². The van der Waals surface area contributed by atoms with E-state index in [0.29, 0.717) is 5.69 Å². The van der Waals surface area contributed by atoms with Crippen molar-refractivity contribution in [3.8, 4) is 0 Å². The zero-order valence-corrected chi connectivity index (χ0v) is 16.2. The molecule has 2 heterocycles. The molecule has 1 aromatic carbocycles. The molecule has 0 radical (unpaired) electrons. The van der Waals surface area contributed by atoms with Gasteiger partial charge < -0.3 is 26.7 Å². The summed E-state index contributed by atoms with van der Waals surface area (Å²) >= 11 is 0. The largest absolute Gasteiger partial charge is 0.365 e. The molecule has 1 aliphatic carbocycles. The molecular formula is C20H24FN7O. The summed E-state index contributed by atoms with van der Waals surface area (Å²) in [7, 11) is 1.89. The Kier molecular flexibility index (Phi) is 5.06. The lowest BCUT2D eigenvalue weighted by Gasteiger charge is -2.30. The maximum atomic E-state index is 14.6. The molecule has 0 spiro atoms. The van der Waals surface area contributed by atoms with E-state index in [4.69, 9.17) is 11.5 Å². The Morgan fingerprint density at radius 2 is 2.03 bits per heavy atom. The van der Waals surface area contributed by atoms with Crippen molar-refractivity contribution >= 4 is 34.3 Å². The van der Waals surface area contributed by atoms with Gasteiger partial charge in [-0.25, -0.2) is 14.4 Å². The molecule has 9 heteroatoms. The molecule has 0 saturated heterocycles. The van der Waals surface area contributed by atoms with Crippen LogP contribution in [0.25, 0.3) is 11.0 Å². The van der Waals surface area contributed by atoms with E-state index in [1.54, 1.807) is 6.33 Å². The highest BCUT2D eigenvalue weighted by molar-refractivity contribution is 5.98. The smallest absolute Gasteiger partial charge is 0.252 e. The highest BCUT2D eigenvalue weighted by Gasteiger charge is 2.24. The fourth-order valence-electron chi connectivity index (χ4n) is 3.73. The first-order valence-corrected chi connectivity index (χ1v) is 9.63. The monoisotopic (exact) mass is 397 g/mol. The molecule has 0 bridgehead atoms. The number of aryl methyl sites for hydroxylation is 1. The Morgan fingerprint density at radius 3 is 2.79 bits per heavy atom. The third kappa shape index (κ3) is 3.86. The summed E-state index contributed by atoms with van der Waals surface area (Å²) in [6, 6.07) is 6.52. The molecule has 1 saturated carbocycles. The van der Waals surface area contributed by atoms with Gasteiger partial charge in [-0.3, -0.25) is 4.79 Å². The maximum absolute atomic E-state index is 14.6. The molecule has 6 N–H and O–H groups in total. The number of carbonyl (C=O) groups excluding carboxylic acids is 1. The molecule has 4 rings (SSSR count). The third-order valence-electron chi connectivity index (χ3n) is 5.37. The van der Waals surface area contributed by atoms with Crippen molar-refractivity contribution in [1.29, 1.82) is 0 Å². The first-order valence-electron chi connectivity index (χ1n) is 9.63. The average molecular weight is 397 g/mol. The van der Waals surface area contributed by atoms with Crippen LogP contribution in [0.15, 0.2) is 30.6 Å². The van der Waals surface area contributed by atoms with Gasteiger partial charge in [0, 0.05) is 24.8 Å². The number of aromatic nitrogens is 3. The lowest BCUT2D eigenvalue weighted by molar-refractivity contribution is 0.100. The molecule has 152 valence electrons. The van der Waals surface area contributed by atoms with Crippen molar-refractivity contribution < 1.29 is 9.18 Å². The Hall–Kier alpha value is -3.20. The number of amides is 1. The fraction of sp³-hybridized carbons (Fsp3) is 0.350. The third-order valence-corrected chi connectivity index (χ3v) is 5.37. The predicted molar refractivity (Wildman–Crippen MR) is 111 cm³/mol. The van der Waals surface area contributed by atoms with Crippen LogP contribution in [-0.2, 0) is 7.05 Å². The van der Waals surface area contributed by atoms with Crippen LogP contribution in [0.4, 0.5) is 21.7 Å². The summed E-state index contributed by atoms with van der Waals surface area (Å²) < 4.78 is 16.5. The molecule has 1 amide bonds. The average Bonchev–Trinajstić information content (AvgIpc) is 3.06. The van der Waals surface area contributed by atoms with Crippen LogP contribution < -0.4 is 22.1 Å². The van der Waals surface area contributed by atoms with Crippen molar-refractivity contribution in [3.05, 3.63) is 42.0 Å². The quantitative estimate of drug-likeness (QED) is 0.525. The Balaban J connectivity index is 1.68. The topological polar surface area (TPSA) is 124 Å². The normalized spacial score (nSPS) is 19.3. The Bertz CT molecular complexity index is 1060. The van der Waals surface area contributed by atoms with E-state index in [1.807, 2.05) is 29.8 Å². The lowest BCUT2D eigenvalue weighted by atomic mass is 9.91. The second-order valence-corrected chi connectivity index (χ2v) is 7.46. The van der Waals surface area contributed by atoms with E-state index in [9.17, 15) is 9.18 Å². The number of hydrogen-bond acceptors (Lipinski definition) is 6. The molecule has 1 aliphatic rings. The number of nitrogens with two attached hydrogens (primary N) is 2. The van der Waals surface area contributed by atoms with Crippen LogP contribution in [0.2, 0.25) is 0 Å². The first kappa shape index (κ1) is 19.1. The number of halogens is 1. The SMILES string of the molecule is Cn1cnc2ccc(Nc3nc(NC4CCCCC4N)c(F)cc3C(N)=O)cc21. The van der Waals surface area contributed by atoms with Gasteiger partial charge in [0.2, 0.25) is 0 Å². The number of imidazole rings is 1. The molecule has 1 fully saturated rings. The summed E-state index contributed by atoms with van der Waals surface area (Å²) in [5.41, 5.74) is 14.0. The number of pyridine rings is 1. The second-order valence-electron chi connectivity index (χ2n) is 7.46. The van der Waals surface area contributed by atoms with E-state index in [2.05, 4.69) is 20.6 Å². The number of benzene rings is 1. The first-order chi connectivity index (χ1) is 13.9. The number of hydrogen-bond donors (Lipinski definition) is 4. The van der Waals surface area contributed by atoms with Gasteiger partial charge in [0.25, 0.3) is 5.91 Å². The van der Waals surface area contributed by atoms with E-state index in [0.717, 1.165) is 42.8 Å². The molecule has 0 aliphatic heterocycles.